The molecule has 136 valence electrons. The van der Waals surface area contributed by atoms with E-state index in [9.17, 15) is 23.1 Å². The largest absolute Gasteiger partial charge is 0.493 e. The second-order valence-corrected chi connectivity index (χ2v) is 7.96. The molecular weight excluding hydrogens is 368 g/mol. The van der Waals surface area contributed by atoms with E-state index in [0.29, 0.717) is 5.39 Å². The van der Waals surface area contributed by atoms with Crippen LogP contribution >= 0.6 is 0 Å². The SMILES string of the molecule is Cc1ccc(S(=O)(=O)n2c(O)c(C3=CC(=O)NC3=O)c3ccccc32)cc1. The molecule has 2 amide bonds. The molecule has 0 saturated carbocycles. The Morgan fingerprint density at radius 2 is 1.67 bits per heavy atom. The quantitative estimate of drug-likeness (QED) is 0.674. The Labute approximate surface area is 154 Å². The Bertz CT molecular complexity index is 1250. The van der Waals surface area contributed by atoms with Crippen molar-refractivity contribution in [2.24, 2.45) is 0 Å². The van der Waals surface area contributed by atoms with E-state index < -0.39 is 27.7 Å². The molecule has 2 N–H and O–H groups in total. The van der Waals surface area contributed by atoms with E-state index >= 15 is 0 Å². The predicted molar refractivity (Wildman–Crippen MR) is 98.5 cm³/mol. The van der Waals surface area contributed by atoms with Crippen LogP contribution in [0, 0.1) is 6.92 Å². The fourth-order valence-corrected chi connectivity index (χ4v) is 4.55. The number of aromatic hydroxyl groups is 1. The van der Waals surface area contributed by atoms with Gasteiger partial charge in [-0.1, -0.05) is 35.9 Å². The molecule has 0 fully saturated rings. The summed E-state index contributed by atoms with van der Waals surface area (Å²) in [5.74, 6) is -1.92. The minimum Gasteiger partial charge on any atom is -0.493 e. The highest BCUT2D eigenvalue weighted by molar-refractivity contribution is 7.90. The van der Waals surface area contributed by atoms with Crippen LogP contribution in [0.4, 0.5) is 0 Å². The highest BCUT2D eigenvalue weighted by Crippen LogP contribution is 2.39. The molecule has 1 aliphatic rings. The summed E-state index contributed by atoms with van der Waals surface area (Å²) in [6, 6.07) is 12.6. The number of nitrogens with one attached hydrogen (secondary N) is 1. The highest BCUT2D eigenvalue weighted by Gasteiger charge is 2.32. The first kappa shape index (κ1) is 17.0. The smallest absolute Gasteiger partial charge is 0.271 e. The maximum Gasteiger partial charge on any atom is 0.271 e. The molecule has 8 heteroatoms. The summed E-state index contributed by atoms with van der Waals surface area (Å²) in [7, 11) is -4.13. The summed E-state index contributed by atoms with van der Waals surface area (Å²) in [6.45, 7) is 1.83. The average molecular weight is 382 g/mol. The van der Waals surface area contributed by atoms with Crippen molar-refractivity contribution in [3.05, 3.63) is 65.7 Å². The van der Waals surface area contributed by atoms with E-state index in [2.05, 4.69) is 5.32 Å². The van der Waals surface area contributed by atoms with E-state index in [-0.39, 0.29) is 21.5 Å². The molecule has 0 aliphatic carbocycles. The molecule has 0 unspecified atom stereocenters. The third-order valence-corrected chi connectivity index (χ3v) is 6.11. The summed E-state index contributed by atoms with van der Waals surface area (Å²) in [4.78, 5) is 23.6. The summed E-state index contributed by atoms with van der Waals surface area (Å²) in [5, 5.41) is 13.2. The molecule has 4 rings (SSSR count). The molecule has 2 heterocycles. The van der Waals surface area contributed by atoms with Crippen LogP contribution in [0.2, 0.25) is 0 Å². The van der Waals surface area contributed by atoms with Crippen molar-refractivity contribution < 1.29 is 23.1 Å². The van der Waals surface area contributed by atoms with Crippen LogP contribution in [0.1, 0.15) is 11.1 Å². The molecule has 0 saturated heterocycles. The molecule has 27 heavy (non-hydrogen) atoms. The number of hydrogen-bond donors (Lipinski definition) is 2. The van der Waals surface area contributed by atoms with Crippen LogP contribution in [-0.2, 0) is 19.6 Å². The predicted octanol–water partition coefficient (Wildman–Crippen LogP) is 1.93. The first-order valence-corrected chi connectivity index (χ1v) is 9.47. The maximum absolute atomic E-state index is 13.2. The zero-order valence-electron chi connectivity index (χ0n) is 14.1. The lowest BCUT2D eigenvalue weighted by molar-refractivity contribution is -0.123. The average Bonchev–Trinajstić information content (AvgIpc) is 3.10. The number of aromatic nitrogens is 1. The lowest BCUT2D eigenvalue weighted by Crippen LogP contribution is -2.21. The molecular formula is C19H14N2O5S. The van der Waals surface area contributed by atoms with Crippen molar-refractivity contribution in [3.63, 3.8) is 0 Å². The van der Waals surface area contributed by atoms with Crippen molar-refractivity contribution in [1.29, 1.82) is 0 Å². The second-order valence-electron chi connectivity index (χ2n) is 6.17. The van der Waals surface area contributed by atoms with Crippen LogP contribution in [0.15, 0.2) is 59.5 Å². The van der Waals surface area contributed by atoms with Crippen LogP contribution < -0.4 is 5.32 Å². The summed E-state index contributed by atoms with van der Waals surface area (Å²) < 4.78 is 27.1. The topological polar surface area (TPSA) is 105 Å². The molecule has 3 aromatic rings. The monoisotopic (exact) mass is 382 g/mol. The highest BCUT2D eigenvalue weighted by atomic mass is 32.2. The van der Waals surface area contributed by atoms with Crippen LogP contribution in [-0.4, -0.2) is 29.3 Å². The van der Waals surface area contributed by atoms with Crippen LogP contribution in [0.25, 0.3) is 16.5 Å². The van der Waals surface area contributed by atoms with Gasteiger partial charge in [-0.25, -0.2) is 12.4 Å². The Hall–Kier alpha value is -3.39. The van der Waals surface area contributed by atoms with Crippen molar-refractivity contribution in [1.82, 2.24) is 9.29 Å². The van der Waals surface area contributed by atoms with Gasteiger partial charge in [0.25, 0.3) is 21.8 Å². The van der Waals surface area contributed by atoms with Crippen molar-refractivity contribution in [2.45, 2.75) is 11.8 Å². The standard InChI is InChI=1S/C19H14N2O5S/c1-11-6-8-12(9-7-11)27(25,26)21-15-5-3-2-4-13(15)17(19(21)24)14-10-16(22)20-18(14)23/h2-10,24H,1H3,(H,20,22,23). The van der Waals surface area contributed by atoms with Crippen molar-refractivity contribution >= 4 is 38.3 Å². The van der Waals surface area contributed by atoms with Gasteiger partial charge in [0.15, 0.2) is 0 Å². The molecule has 7 nitrogen and oxygen atoms in total. The van der Waals surface area contributed by atoms with E-state index in [1.165, 1.54) is 18.2 Å². The van der Waals surface area contributed by atoms with E-state index in [4.69, 9.17) is 0 Å². The van der Waals surface area contributed by atoms with Gasteiger partial charge < -0.3 is 5.11 Å². The second kappa shape index (κ2) is 5.82. The third-order valence-electron chi connectivity index (χ3n) is 4.39. The zero-order valence-corrected chi connectivity index (χ0v) is 14.9. The molecule has 0 spiro atoms. The van der Waals surface area contributed by atoms with Gasteiger partial charge in [0, 0.05) is 11.5 Å². The normalized spacial score (nSPS) is 14.5. The van der Waals surface area contributed by atoms with Gasteiger partial charge >= 0.3 is 0 Å². The number of amides is 2. The molecule has 1 aliphatic heterocycles. The molecule has 0 bridgehead atoms. The lowest BCUT2D eigenvalue weighted by Gasteiger charge is -2.09. The number of rotatable bonds is 3. The number of hydrogen-bond acceptors (Lipinski definition) is 5. The maximum atomic E-state index is 13.2. The Morgan fingerprint density at radius 1 is 1.00 bits per heavy atom. The van der Waals surface area contributed by atoms with Crippen molar-refractivity contribution in [2.75, 3.05) is 0 Å². The zero-order chi connectivity index (χ0) is 19.3. The molecule has 2 aromatic carbocycles. The first-order valence-electron chi connectivity index (χ1n) is 8.03. The third kappa shape index (κ3) is 2.53. The van der Waals surface area contributed by atoms with Gasteiger partial charge in [0.05, 0.1) is 21.5 Å². The number of imide groups is 1. The van der Waals surface area contributed by atoms with Gasteiger partial charge in [0.1, 0.15) is 0 Å². The minimum absolute atomic E-state index is 0.00312. The van der Waals surface area contributed by atoms with Gasteiger partial charge in [-0.2, -0.15) is 0 Å². The van der Waals surface area contributed by atoms with E-state index in [0.717, 1.165) is 15.6 Å². The number of nitrogens with zero attached hydrogens (tertiary/aromatic N) is 1. The number of carbonyl (C=O) groups is 2. The van der Waals surface area contributed by atoms with Crippen LogP contribution in [0.3, 0.4) is 0 Å². The summed E-state index contributed by atoms with van der Waals surface area (Å²) in [5.41, 5.74) is 1.03. The van der Waals surface area contributed by atoms with Gasteiger partial charge in [-0.05, 0) is 25.1 Å². The van der Waals surface area contributed by atoms with Crippen LogP contribution in [0.5, 0.6) is 5.88 Å². The molecule has 1 aromatic heterocycles. The number of fused-ring (bicyclic) bond motifs is 1. The fourth-order valence-electron chi connectivity index (χ4n) is 3.12. The molecule has 0 atom stereocenters. The fraction of sp³-hybridized carbons (Fsp3) is 0.0526. The first-order chi connectivity index (χ1) is 12.8. The number of carbonyl (C=O) groups excluding carboxylic acids is 2. The Kier molecular flexibility index (Phi) is 3.67. The Morgan fingerprint density at radius 3 is 2.30 bits per heavy atom. The minimum atomic E-state index is -4.13. The lowest BCUT2D eigenvalue weighted by atomic mass is 10.0. The van der Waals surface area contributed by atoms with E-state index in [1.54, 1.807) is 30.3 Å². The molecule has 0 radical (unpaired) electrons. The van der Waals surface area contributed by atoms with Crippen molar-refractivity contribution in [3.8, 4) is 5.88 Å². The number of para-hydroxylation sites is 1. The number of benzene rings is 2. The van der Waals surface area contributed by atoms with Gasteiger partial charge in [-0.15, -0.1) is 0 Å². The Balaban J connectivity index is 2.05. The summed E-state index contributed by atoms with van der Waals surface area (Å²) >= 11 is 0. The van der Waals surface area contributed by atoms with Gasteiger partial charge in [-0.3, -0.25) is 14.9 Å². The van der Waals surface area contributed by atoms with E-state index in [1.807, 2.05) is 6.92 Å². The summed E-state index contributed by atoms with van der Waals surface area (Å²) in [6.07, 6.45) is 1.05. The number of aryl methyl sites for hydroxylation is 1. The van der Waals surface area contributed by atoms with Gasteiger partial charge in [0.2, 0.25) is 5.88 Å².